The van der Waals surface area contributed by atoms with Gasteiger partial charge in [-0.2, -0.15) is 0 Å². The van der Waals surface area contributed by atoms with E-state index in [4.69, 9.17) is 0 Å². The van der Waals surface area contributed by atoms with Crippen LogP contribution in [0.15, 0.2) is 12.7 Å². The van der Waals surface area contributed by atoms with Crippen molar-refractivity contribution in [1.82, 2.24) is 14.5 Å². The van der Waals surface area contributed by atoms with Gasteiger partial charge >= 0.3 is 0 Å². The van der Waals surface area contributed by atoms with Gasteiger partial charge in [-0.1, -0.05) is 4.98 Å². The molecule has 0 saturated heterocycles. The zero-order valence-electron chi connectivity index (χ0n) is 9.72. The van der Waals surface area contributed by atoms with Gasteiger partial charge in [-0.05, 0) is 13.8 Å². The quantitative estimate of drug-likeness (QED) is 0.692. The first kappa shape index (κ1) is 9.57. The van der Waals surface area contributed by atoms with Crippen molar-refractivity contribution in [2.45, 2.75) is 26.9 Å². The smallest absolute Gasteiger partial charge is 0.255 e. The van der Waals surface area contributed by atoms with E-state index in [0.29, 0.717) is 0 Å². The largest absolute Gasteiger partial charge is 0.301 e. The van der Waals surface area contributed by atoms with Crippen molar-refractivity contribution in [3.63, 3.8) is 0 Å². The molecule has 0 atom stereocenters. The lowest BCUT2D eigenvalue weighted by molar-refractivity contribution is -0.672. The molecule has 0 aromatic carbocycles. The van der Waals surface area contributed by atoms with Crippen molar-refractivity contribution in [3.05, 3.63) is 12.7 Å². The van der Waals surface area contributed by atoms with Crippen LogP contribution >= 0.6 is 0 Å². The molecule has 0 bridgehead atoms. The Morgan fingerprint density at radius 1 is 1.31 bits per heavy atom. The second-order valence-corrected chi connectivity index (χ2v) is 4.04. The van der Waals surface area contributed by atoms with Gasteiger partial charge in [0.2, 0.25) is 12.0 Å². The Labute approximate surface area is 94.3 Å². The highest BCUT2D eigenvalue weighted by molar-refractivity contribution is 5.81. The summed E-state index contributed by atoms with van der Waals surface area (Å²) in [7, 11) is 0. The molecule has 2 aromatic heterocycles. The minimum atomic E-state index is 0.916. The molecule has 0 saturated carbocycles. The number of nitrogens with zero attached hydrogens (tertiary/aromatic N) is 5. The summed E-state index contributed by atoms with van der Waals surface area (Å²) in [5.74, 6) is 1.22. The maximum absolute atomic E-state index is 4.50. The molecule has 0 N–H and O–H groups in total. The molecule has 1 aliphatic heterocycles. The highest BCUT2D eigenvalue weighted by Gasteiger charge is 2.29. The summed E-state index contributed by atoms with van der Waals surface area (Å²) in [6, 6.07) is 0. The first-order chi connectivity index (χ1) is 7.85. The van der Waals surface area contributed by atoms with Gasteiger partial charge in [-0.15, -0.1) is 0 Å². The fourth-order valence-corrected chi connectivity index (χ4v) is 2.35. The average Bonchev–Trinajstić information content (AvgIpc) is 2.91. The number of aromatic nitrogens is 4. The summed E-state index contributed by atoms with van der Waals surface area (Å²) in [6.45, 7) is 8.32. The Hall–Kier alpha value is -1.65. The number of hydrogen-bond acceptors (Lipinski definition) is 3. The number of aryl methyl sites for hydroxylation is 1. The Kier molecular flexibility index (Phi) is 2.05. The van der Waals surface area contributed by atoms with Gasteiger partial charge in [-0.3, -0.25) is 4.90 Å². The first-order valence-corrected chi connectivity index (χ1v) is 5.83. The van der Waals surface area contributed by atoms with Crippen LogP contribution in [0, 0.1) is 0 Å². The van der Waals surface area contributed by atoms with E-state index in [1.165, 1.54) is 5.82 Å². The van der Waals surface area contributed by atoms with E-state index < -0.39 is 0 Å². The summed E-state index contributed by atoms with van der Waals surface area (Å²) in [6.07, 6.45) is 3.81. The molecule has 0 fully saturated rings. The van der Waals surface area contributed by atoms with Gasteiger partial charge in [0, 0.05) is 6.54 Å². The summed E-state index contributed by atoms with van der Waals surface area (Å²) in [4.78, 5) is 11.3. The van der Waals surface area contributed by atoms with E-state index in [0.717, 1.165) is 37.3 Å². The molecule has 3 heterocycles. The van der Waals surface area contributed by atoms with E-state index >= 15 is 0 Å². The van der Waals surface area contributed by atoms with Gasteiger partial charge in [0.1, 0.15) is 6.54 Å². The summed E-state index contributed by atoms with van der Waals surface area (Å²) < 4.78 is 4.28. The van der Waals surface area contributed by atoms with Gasteiger partial charge in [0.05, 0.1) is 19.4 Å². The Balaban J connectivity index is 2.27. The zero-order chi connectivity index (χ0) is 11.1. The molecule has 3 rings (SSSR count). The van der Waals surface area contributed by atoms with Crippen molar-refractivity contribution in [1.29, 1.82) is 0 Å². The average molecular weight is 218 g/mol. The number of likely N-dealkylation sites (N-methyl/N-ethyl adjacent to an activating group) is 1. The van der Waals surface area contributed by atoms with Gasteiger partial charge in [0.15, 0.2) is 5.52 Å². The molecule has 0 aliphatic carbocycles. The van der Waals surface area contributed by atoms with Crippen molar-refractivity contribution in [3.8, 4) is 0 Å². The van der Waals surface area contributed by atoms with E-state index in [2.05, 4.69) is 37.8 Å². The van der Waals surface area contributed by atoms with Crippen LogP contribution in [-0.4, -0.2) is 27.6 Å². The third-order valence-electron chi connectivity index (χ3n) is 3.25. The van der Waals surface area contributed by atoms with Crippen LogP contribution in [0.4, 0.5) is 5.82 Å². The lowest BCUT2D eigenvalue weighted by Gasteiger charge is -2.08. The van der Waals surface area contributed by atoms with Crippen molar-refractivity contribution < 1.29 is 4.57 Å². The molecular formula is C11H16N5+. The van der Waals surface area contributed by atoms with Crippen molar-refractivity contribution >= 4 is 17.0 Å². The molecule has 5 heteroatoms. The molecule has 5 nitrogen and oxygen atoms in total. The third-order valence-corrected chi connectivity index (χ3v) is 3.25. The van der Waals surface area contributed by atoms with E-state index in [1.807, 2.05) is 12.7 Å². The molecule has 84 valence electrons. The molecule has 1 aliphatic rings. The van der Waals surface area contributed by atoms with Gasteiger partial charge < -0.3 is 4.57 Å². The second-order valence-electron chi connectivity index (χ2n) is 4.04. The molecular weight excluding hydrogens is 202 g/mol. The molecule has 0 radical (unpaired) electrons. The Morgan fingerprint density at radius 2 is 2.19 bits per heavy atom. The lowest BCUT2D eigenvalue weighted by atomic mass is 10.4. The van der Waals surface area contributed by atoms with Crippen molar-refractivity contribution in [2.24, 2.45) is 0 Å². The Morgan fingerprint density at radius 3 is 2.94 bits per heavy atom. The van der Waals surface area contributed by atoms with E-state index in [-0.39, 0.29) is 0 Å². The molecule has 0 unspecified atom stereocenters. The number of rotatable bonds is 2. The number of hydrogen-bond donors (Lipinski definition) is 0. The highest BCUT2D eigenvalue weighted by Crippen LogP contribution is 2.22. The van der Waals surface area contributed by atoms with E-state index in [9.17, 15) is 0 Å². The lowest BCUT2D eigenvalue weighted by Crippen LogP contribution is -2.32. The predicted octanol–water partition coefficient (Wildman–Crippen LogP) is 0.579. The number of fused-ring (bicyclic) bond motifs is 3. The fraction of sp³-hybridized carbons (Fsp3) is 0.545. The van der Waals surface area contributed by atoms with E-state index in [1.54, 1.807) is 0 Å². The van der Waals surface area contributed by atoms with Crippen LogP contribution < -0.4 is 9.47 Å². The maximum atomic E-state index is 4.50. The number of imidazole rings is 1. The summed E-state index contributed by atoms with van der Waals surface area (Å²) >= 11 is 0. The third kappa shape index (κ3) is 1.14. The van der Waals surface area contributed by atoms with Crippen LogP contribution in [0.25, 0.3) is 11.2 Å². The molecule has 2 aromatic rings. The normalized spacial score (nSPS) is 14.8. The minimum Gasteiger partial charge on any atom is -0.301 e. The topological polar surface area (TPSA) is 37.8 Å². The highest BCUT2D eigenvalue weighted by atomic mass is 15.3. The fourth-order valence-electron chi connectivity index (χ4n) is 2.35. The van der Waals surface area contributed by atoms with Crippen LogP contribution in [0.2, 0.25) is 0 Å². The van der Waals surface area contributed by atoms with Crippen LogP contribution in [-0.2, 0) is 13.1 Å². The van der Waals surface area contributed by atoms with Crippen LogP contribution in [0.1, 0.15) is 13.8 Å². The second kappa shape index (κ2) is 3.43. The molecule has 0 amide bonds. The summed E-state index contributed by atoms with van der Waals surface area (Å²) in [5.41, 5.74) is 2.03. The first-order valence-electron chi connectivity index (χ1n) is 5.83. The minimum absolute atomic E-state index is 0.916. The van der Waals surface area contributed by atoms with Crippen LogP contribution in [0.3, 0.4) is 0 Å². The Bertz CT molecular complexity index is 530. The summed E-state index contributed by atoms with van der Waals surface area (Å²) in [5, 5.41) is 0. The predicted molar refractivity (Wildman–Crippen MR) is 61.3 cm³/mol. The zero-order valence-corrected chi connectivity index (χ0v) is 9.72. The van der Waals surface area contributed by atoms with Crippen LogP contribution in [0.5, 0.6) is 0 Å². The monoisotopic (exact) mass is 218 g/mol. The number of anilines is 1. The van der Waals surface area contributed by atoms with Gasteiger partial charge in [0.25, 0.3) is 5.82 Å². The van der Waals surface area contributed by atoms with Crippen molar-refractivity contribution in [2.75, 3.05) is 18.0 Å². The molecule has 16 heavy (non-hydrogen) atoms. The standard InChI is InChI=1S/C11H16N5/c1-3-14-5-6-16-8-13-10-9(11(14)16)12-7-15(10)4-2/h7-8H,3-6H2,1-2H3/q+1. The van der Waals surface area contributed by atoms with Gasteiger partial charge in [-0.25, -0.2) is 9.55 Å². The SMILES string of the molecule is CCN1CC[n+]2cnc3c(ncn3CC)c21. The molecule has 0 spiro atoms. The maximum Gasteiger partial charge on any atom is 0.255 e.